The van der Waals surface area contributed by atoms with E-state index in [1.807, 2.05) is 54.6 Å². The van der Waals surface area contributed by atoms with Crippen LogP contribution in [0.5, 0.6) is 0 Å². The average Bonchev–Trinajstić information content (AvgIpc) is 2.99. The van der Waals surface area contributed by atoms with Crippen LogP contribution in [0.15, 0.2) is 68.7 Å². The lowest BCUT2D eigenvalue weighted by molar-refractivity contribution is -0.133. The summed E-state index contributed by atoms with van der Waals surface area (Å²) in [6.45, 7) is 0. The molecule has 3 rings (SSSR count). The van der Waals surface area contributed by atoms with Crippen molar-refractivity contribution in [1.29, 1.82) is 0 Å². The highest BCUT2D eigenvalue weighted by atomic mass is 79.9. The van der Waals surface area contributed by atoms with Gasteiger partial charge in [0, 0.05) is 15.6 Å². The average molecular weight is 390 g/mol. The van der Waals surface area contributed by atoms with Gasteiger partial charge in [0.05, 0.1) is 0 Å². The highest BCUT2D eigenvalue weighted by molar-refractivity contribution is 9.10. The summed E-state index contributed by atoms with van der Waals surface area (Å²) < 4.78 is 6.79. The summed E-state index contributed by atoms with van der Waals surface area (Å²) in [4.78, 5) is 15.2. The topological polar surface area (TPSA) is 63.3 Å². The minimum atomic E-state index is -0.903. The molecule has 1 N–H and O–H groups in total. The number of carbonyl (C=O) groups is 1. The molecular weight excluding hydrogens is 378 g/mol. The molecule has 116 valence electrons. The second-order valence-electron chi connectivity index (χ2n) is 4.71. The first-order valence-corrected chi connectivity index (χ1v) is 8.58. The minimum Gasteiger partial charge on any atom is -0.481 e. The molecule has 2 aromatic carbocycles. The molecule has 0 bridgehead atoms. The van der Waals surface area contributed by atoms with Gasteiger partial charge in [-0.05, 0) is 12.1 Å². The zero-order valence-electron chi connectivity index (χ0n) is 11.9. The van der Waals surface area contributed by atoms with E-state index in [0.29, 0.717) is 16.7 Å². The Kier molecular flexibility index (Phi) is 4.83. The van der Waals surface area contributed by atoms with Crippen LogP contribution in [0.1, 0.15) is 0 Å². The van der Waals surface area contributed by atoms with Gasteiger partial charge in [0.25, 0.3) is 5.22 Å². The molecule has 0 aliphatic heterocycles. The number of hydrogen-bond acceptors (Lipinski definition) is 4. The second-order valence-corrected chi connectivity index (χ2v) is 6.56. The molecule has 0 aliphatic carbocycles. The third kappa shape index (κ3) is 3.83. The van der Waals surface area contributed by atoms with E-state index in [9.17, 15) is 4.79 Å². The predicted molar refractivity (Wildman–Crippen MR) is 93.4 cm³/mol. The summed E-state index contributed by atoms with van der Waals surface area (Å²) in [5, 5.41) is 9.17. The number of halogens is 1. The maximum atomic E-state index is 10.7. The van der Waals surface area contributed by atoms with Crippen molar-refractivity contribution in [2.45, 2.75) is 5.22 Å². The maximum Gasteiger partial charge on any atom is 0.314 e. The molecule has 0 unspecified atom stereocenters. The molecule has 0 radical (unpaired) electrons. The van der Waals surface area contributed by atoms with Crippen molar-refractivity contribution in [1.82, 2.24) is 4.98 Å². The van der Waals surface area contributed by atoms with E-state index in [0.717, 1.165) is 27.4 Å². The Hall–Kier alpha value is -2.05. The number of aliphatic carboxylic acids is 1. The van der Waals surface area contributed by atoms with Gasteiger partial charge in [-0.3, -0.25) is 4.79 Å². The van der Waals surface area contributed by atoms with Crippen LogP contribution in [0.2, 0.25) is 0 Å². The van der Waals surface area contributed by atoms with Crippen molar-refractivity contribution in [3.05, 3.63) is 59.1 Å². The van der Waals surface area contributed by atoms with E-state index < -0.39 is 5.97 Å². The number of carboxylic acid groups (broad SMARTS) is 1. The highest BCUT2D eigenvalue weighted by Gasteiger charge is 2.17. The molecule has 0 amide bonds. The summed E-state index contributed by atoms with van der Waals surface area (Å²) in [5.41, 5.74) is 2.53. The predicted octanol–water partition coefficient (Wildman–Crippen LogP) is 4.95. The molecule has 4 nitrogen and oxygen atoms in total. The number of benzene rings is 2. The molecule has 3 aromatic rings. The number of nitrogens with zero attached hydrogens (tertiary/aromatic N) is 1. The lowest BCUT2D eigenvalue weighted by Gasteiger charge is -2.01. The number of aromatic nitrogens is 1. The first kappa shape index (κ1) is 15.8. The lowest BCUT2D eigenvalue weighted by atomic mass is 10.1. The molecule has 1 aromatic heterocycles. The van der Waals surface area contributed by atoms with Crippen molar-refractivity contribution in [3.63, 3.8) is 0 Å². The number of hydrogen-bond donors (Lipinski definition) is 1. The number of carboxylic acids is 1. The molecule has 0 saturated carbocycles. The van der Waals surface area contributed by atoms with Crippen LogP contribution in [-0.4, -0.2) is 21.8 Å². The van der Waals surface area contributed by atoms with Crippen LogP contribution >= 0.6 is 27.7 Å². The van der Waals surface area contributed by atoms with Gasteiger partial charge in [0.15, 0.2) is 5.76 Å². The van der Waals surface area contributed by atoms with Crippen molar-refractivity contribution < 1.29 is 14.3 Å². The van der Waals surface area contributed by atoms with Crippen LogP contribution in [0.25, 0.3) is 22.6 Å². The Bertz CT molecular complexity index is 816. The molecule has 6 heteroatoms. The molecular formula is C17H12BrNO3S. The zero-order chi connectivity index (χ0) is 16.2. The molecule has 0 fully saturated rings. The Balaban J connectivity index is 2.05. The smallest absolute Gasteiger partial charge is 0.314 e. The van der Waals surface area contributed by atoms with E-state index in [2.05, 4.69) is 20.9 Å². The van der Waals surface area contributed by atoms with Crippen LogP contribution in [0.3, 0.4) is 0 Å². The van der Waals surface area contributed by atoms with Crippen molar-refractivity contribution in [3.8, 4) is 22.6 Å². The van der Waals surface area contributed by atoms with E-state index >= 15 is 0 Å². The van der Waals surface area contributed by atoms with E-state index in [1.54, 1.807) is 0 Å². The van der Waals surface area contributed by atoms with Crippen LogP contribution < -0.4 is 0 Å². The SMILES string of the molecule is O=C(O)CSc1nc(-c2ccccc2)c(-c2ccc(Br)cc2)o1. The molecule has 0 aliphatic rings. The molecule has 0 atom stereocenters. The highest BCUT2D eigenvalue weighted by Crippen LogP contribution is 2.35. The Morgan fingerprint density at radius 2 is 1.78 bits per heavy atom. The van der Waals surface area contributed by atoms with Gasteiger partial charge >= 0.3 is 5.97 Å². The quantitative estimate of drug-likeness (QED) is 0.625. The summed E-state index contributed by atoms with van der Waals surface area (Å²) >= 11 is 4.48. The normalized spacial score (nSPS) is 10.7. The fourth-order valence-corrected chi connectivity index (χ4v) is 2.88. The fourth-order valence-electron chi connectivity index (χ4n) is 2.07. The van der Waals surface area contributed by atoms with Gasteiger partial charge in [0.2, 0.25) is 0 Å². The zero-order valence-corrected chi connectivity index (χ0v) is 14.3. The molecule has 23 heavy (non-hydrogen) atoms. The van der Waals surface area contributed by atoms with Gasteiger partial charge in [-0.25, -0.2) is 4.98 Å². The third-order valence-corrected chi connectivity index (χ3v) is 4.42. The van der Waals surface area contributed by atoms with E-state index in [-0.39, 0.29) is 5.75 Å². The Morgan fingerprint density at radius 1 is 1.09 bits per heavy atom. The number of rotatable bonds is 5. The Morgan fingerprint density at radius 3 is 2.43 bits per heavy atom. The third-order valence-electron chi connectivity index (χ3n) is 3.08. The largest absolute Gasteiger partial charge is 0.481 e. The van der Waals surface area contributed by atoms with Gasteiger partial charge in [-0.2, -0.15) is 0 Å². The number of oxazole rings is 1. The molecule has 1 heterocycles. The fraction of sp³-hybridized carbons (Fsp3) is 0.0588. The summed E-state index contributed by atoms with van der Waals surface area (Å²) in [5.74, 6) is -0.356. The first-order chi connectivity index (χ1) is 11.1. The maximum absolute atomic E-state index is 10.7. The van der Waals surface area contributed by atoms with Gasteiger partial charge < -0.3 is 9.52 Å². The van der Waals surface area contributed by atoms with E-state index in [4.69, 9.17) is 9.52 Å². The molecule has 0 spiro atoms. The van der Waals surface area contributed by atoms with E-state index in [1.165, 1.54) is 0 Å². The van der Waals surface area contributed by atoms with Crippen molar-refractivity contribution in [2.24, 2.45) is 0 Å². The monoisotopic (exact) mass is 389 g/mol. The van der Waals surface area contributed by atoms with Crippen molar-refractivity contribution in [2.75, 3.05) is 5.75 Å². The van der Waals surface area contributed by atoms with Crippen LogP contribution in [0.4, 0.5) is 0 Å². The van der Waals surface area contributed by atoms with Crippen LogP contribution in [0, 0.1) is 0 Å². The summed E-state index contributed by atoms with van der Waals surface area (Å²) in [6, 6.07) is 17.4. The minimum absolute atomic E-state index is 0.0888. The summed E-state index contributed by atoms with van der Waals surface area (Å²) in [6.07, 6.45) is 0. The second kappa shape index (κ2) is 7.02. The van der Waals surface area contributed by atoms with Gasteiger partial charge in [0.1, 0.15) is 11.4 Å². The standard InChI is InChI=1S/C17H12BrNO3S/c18-13-8-6-12(7-9-13)16-15(11-4-2-1-3-5-11)19-17(22-16)23-10-14(20)21/h1-9H,10H2,(H,20,21). The number of thioether (sulfide) groups is 1. The first-order valence-electron chi connectivity index (χ1n) is 6.80. The van der Waals surface area contributed by atoms with Crippen molar-refractivity contribution >= 4 is 33.7 Å². The van der Waals surface area contributed by atoms with Gasteiger partial charge in [-0.15, -0.1) is 0 Å². The van der Waals surface area contributed by atoms with Crippen LogP contribution in [-0.2, 0) is 4.79 Å². The molecule has 0 saturated heterocycles. The summed E-state index contributed by atoms with van der Waals surface area (Å²) in [7, 11) is 0. The Labute approximate surface area is 145 Å². The lowest BCUT2D eigenvalue weighted by Crippen LogP contribution is -1.97. The van der Waals surface area contributed by atoms with Gasteiger partial charge in [-0.1, -0.05) is 70.2 Å².